The van der Waals surface area contributed by atoms with Crippen LogP contribution < -0.4 is 0 Å². The van der Waals surface area contributed by atoms with Gasteiger partial charge in [-0.1, -0.05) is 26.7 Å². The maximum atomic E-state index is 4.64. The Labute approximate surface area is 112 Å². The summed E-state index contributed by atoms with van der Waals surface area (Å²) in [6.07, 6.45) is 10.8. The van der Waals surface area contributed by atoms with Crippen molar-refractivity contribution in [3.05, 3.63) is 0 Å². The quantitative estimate of drug-likeness (QED) is 0.376. The summed E-state index contributed by atoms with van der Waals surface area (Å²) in [5.41, 5.74) is 0.635. The highest BCUT2D eigenvalue weighted by molar-refractivity contribution is 5.90. The molecular weight excluding hydrogens is 220 g/mol. The first-order chi connectivity index (χ1) is 8.69. The summed E-state index contributed by atoms with van der Waals surface area (Å²) in [6, 6.07) is 0. The zero-order chi connectivity index (χ0) is 13.0. The lowest BCUT2D eigenvalue weighted by Gasteiger charge is -2.27. The largest absolute Gasteiger partial charge is 0.270 e. The van der Waals surface area contributed by atoms with Crippen LogP contribution in [0.25, 0.3) is 0 Å². The van der Waals surface area contributed by atoms with Crippen molar-refractivity contribution < 1.29 is 0 Å². The molecule has 2 heteroatoms. The second-order valence-electron chi connectivity index (χ2n) is 6.48. The summed E-state index contributed by atoms with van der Waals surface area (Å²) in [5.74, 6) is 2.61. The van der Waals surface area contributed by atoms with E-state index < -0.39 is 0 Å². The van der Waals surface area contributed by atoms with Crippen LogP contribution in [-0.4, -0.2) is 19.1 Å². The number of rotatable bonds is 6. The molecule has 0 aliphatic heterocycles. The summed E-state index contributed by atoms with van der Waals surface area (Å²) in [4.78, 5) is 8.71. The predicted octanol–water partition coefficient (Wildman–Crippen LogP) is 4.49. The van der Waals surface area contributed by atoms with E-state index >= 15 is 0 Å². The molecular formula is C16H28N2. The third-order valence-electron chi connectivity index (χ3n) is 4.94. The number of aliphatic imine (C=N–C) groups is 2. The molecule has 2 saturated carbocycles. The van der Waals surface area contributed by atoms with E-state index in [1.807, 2.05) is 0 Å². The van der Waals surface area contributed by atoms with Gasteiger partial charge in [0.05, 0.1) is 0 Å². The van der Waals surface area contributed by atoms with Gasteiger partial charge in [0.15, 0.2) is 0 Å². The van der Waals surface area contributed by atoms with Gasteiger partial charge in [0.25, 0.3) is 0 Å². The maximum Gasteiger partial charge on any atom is 0.125 e. The Morgan fingerprint density at radius 2 is 2.11 bits per heavy atom. The highest BCUT2D eigenvalue weighted by atomic mass is 14.9. The van der Waals surface area contributed by atoms with Crippen LogP contribution in [0.1, 0.15) is 65.2 Å². The second-order valence-corrected chi connectivity index (χ2v) is 6.48. The summed E-state index contributed by atoms with van der Waals surface area (Å²) in [6.45, 7) is 9.37. The van der Waals surface area contributed by atoms with Crippen molar-refractivity contribution in [3.63, 3.8) is 0 Å². The molecule has 0 saturated heterocycles. The van der Waals surface area contributed by atoms with Crippen LogP contribution in [0.5, 0.6) is 0 Å². The lowest BCUT2D eigenvalue weighted by molar-refractivity contribution is 0.246. The van der Waals surface area contributed by atoms with E-state index in [1.54, 1.807) is 0 Å². The molecule has 18 heavy (non-hydrogen) atoms. The Balaban J connectivity index is 1.75. The van der Waals surface area contributed by atoms with Gasteiger partial charge < -0.3 is 0 Å². The van der Waals surface area contributed by atoms with Gasteiger partial charge in [-0.3, -0.25) is 4.99 Å². The molecule has 2 rings (SSSR count). The van der Waals surface area contributed by atoms with E-state index in [2.05, 4.69) is 30.5 Å². The van der Waals surface area contributed by atoms with Gasteiger partial charge in [-0.15, -0.1) is 0 Å². The molecule has 102 valence electrons. The van der Waals surface area contributed by atoms with Crippen LogP contribution in [0.3, 0.4) is 0 Å². The fraction of sp³-hybridized carbons (Fsp3) is 0.875. The predicted molar refractivity (Wildman–Crippen MR) is 79.5 cm³/mol. The van der Waals surface area contributed by atoms with E-state index in [9.17, 15) is 0 Å². The van der Waals surface area contributed by atoms with E-state index in [4.69, 9.17) is 0 Å². The number of amidine groups is 1. The van der Waals surface area contributed by atoms with Crippen molar-refractivity contribution in [2.24, 2.45) is 27.2 Å². The highest BCUT2D eigenvalue weighted by Gasteiger charge is 2.35. The molecule has 0 aromatic carbocycles. The van der Waals surface area contributed by atoms with Crippen molar-refractivity contribution in [2.45, 2.75) is 65.2 Å². The zero-order valence-electron chi connectivity index (χ0n) is 12.1. The summed E-state index contributed by atoms with van der Waals surface area (Å²) >= 11 is 0. The van der Waals surface area contributed by atoms with Gasteiger partial charge in [0.1, 0.15) is 5.84 Å². The summed E-state index contributed by atoms with van der Waals surface area (Å²) in [5, 5.41) is 0. The lowest BCUT2D eigenvalue weighted by atomic mass is 9.78. The molecule has 0 aromatic rings. The standard InChI is InChI=1S/C16H28N2/c1-4-16(10-8-13(2)12-16)9-5-11-18-15(17-3)14-6-7-14/h13-14H,3-12H2,1-2H3/b18-15-. The minimum absolute atomic E-state index is 0.635. The van der Waals surface area contributed by atoms with Crippen LogP contribution >= 0.6 is 0 Å². The first-order valence-corrected chi connectivity index (χ1v) is 7.70. The molecule has 2 aliphatic carbocycles. The third-order valence-corrected chi connectivity index (χ3v) is 4.94. The van der Waals surface area contributed by atoms with Crippen LogP contribution in [-0.2, 0) is 0 Å². The average molecular weight is 248 g/mol. The van der Waals surface area contributed by atoms with Gasteiger partial charge in [0.2, 0.25) is 0 Å². The first-order valence-electron chi connectivity index (χ1n) is 7.70. The van der Waals surface area contributed by atoms with Gasteiger partial charge >= 0.3 is 0 Å². The normalized spacial score (nSPS) is 32.8. The minimum Gasteiger partial charge on any atom is -0.270 e. The molecule has 0 heterocycles. The Morgan fingerprint density at radius 3 is 2.61 bits per heavy atom. The van der Waals surface area contributed by atoms with Crippen LogP contribution in [0.4, 0.5) is 0 Å². The smallest absolute Gasteiger partial charge is 0.125 e. The zero-order valence-corrected chi connectivity index (χ0v) is 12.1. The van der Waals surface area contributed by atoms with E-state index in [1.165, 1.54) is 51.4 Å². The van der Waals surface area contributed by atoms with Gasteiger partial charge in [-0.05, 0) is 56.6 Å². The third kappa shape index (κ3) is 3.43. The molecule has 2 aliphatic rings. The van der Waals surface area contributed by atoms with Crippen molar-refractivity contribution in [3.8, 4) is 0 Å². The molecule has 0 amide bonds. The fourth-order valence-corrected chi connectivity index (χ4v) is 3.52. The monoisotopic (exact) mass is 248 g/mol. The van der Waals surface area contributed by atoms with Crippen LogP contribution in [0.15, 0.2) is 9.98 Å². The van der Waals surface area contributed by atoms with E-state index in [-0.39, 0.29) is 0 Å². The number of hydrogen-bond acceptors (Lipinski definition) is 1. The SMILES string of the molecule is C=N/C(=N\CCCC1(CC)CCC(C)C1)C1CC1. The van der Waals surface area contributed by atoms with Gasteiger partial charge in [0, 0.05) is 12.5 Å². The number of hydrogen-bond donors (Lipinski definition) is 0. The van der Waals surface area contributed by atoms with Crippen molar-refractivity contribution in [2.75, 3.05) is 6.54 Å². The molecule has 0 aromatic heterocycles. The molecule has 0 spiro atoms. The Morgan fingerprint density at radius 1 is 1.33 bits per heavy atom. The van der Waals surface area contributed by atoms with E-state index in [0.717, 1.165) is 18.3 Å². The van der Waals surface area contributed by atoms with Crippen molar-refractivity contribution in [1.29, 1.82) is 0 Å². The van der Waals surface area contributed by atoms with Crippen LogP contribution in [0, 0.1) is 17.3 Å². The first kappa shape index (κ1) is 13.8. The van der Waals surface area contributed by atoms with Crippen molar-refractivity contribution >= 4 is 12.6 Å². The Kier molecular flexibility index (Phi) is 4.58. The topological polar surface area (TPSA) is 24.7 Å². The minimum atomic E-state index is 0.635. The maximum absolute atomic E-state index is 4.64. The number of nitrogens with zero attached hydrogens (tertiary/aromatic N) is 2. The Bertz CT molecular complexity index is 317. The summed E-state index contributed by atoms with van der Waals surface area (Å²) in [7, 11) is 0. The molecule has 0 bridgehead atoms. The van der Waals surface area contributed by atoms with E-state index in [0.29, 0.717) is 11.3 Å². The summed E-state index contributed by atoms with van der Waals surface area (Å²) < 4.78 is 0. The average Bonchev–Trinajstić information content (AvgIpc) is 3.14. The highest BCUT2D eigenvalue weighted by Crippen LogP contribution is 2.47. The molecule has 2 unspecified atom stereocenters. The van der Waals surface area contributed by atoms with Gasteiger partial charge in [-0.25, -0.2) is 4.99 Å². The fourth-order valence-electron chi connectivity index (χ4n) is 3.52. The lowest BCUT2D eigenvalue weighted by Crippen LogP contribution is -2.16. The van der Waals surface area contributed by atoms with Gasteiger partial charge in [-0.2, -0.15) is 0 Å². The molecule has 0 radical (unpaired) electrons. The van der Waals surface area contributed by atoms with Crippen LogP contribution in [0.2, 0.25) is 0 Å². The molecule has 2 fully saturated rings. The second kappa shape index (κ2) is 5.99. The molecule has 0 N–H and O–H groups in total. The van der Waals surface area contributed by atoms with Crippen molar-refractivity contribution in [1.82, 2.24) is 0 Å². The molecule has 2 nitrogen and oxygen atoms in total. The molecule has 2 atom stereocenters. The Hall–Kier alpha value is -0.660.